The Labute approximate surface area is 120 Å². The second-order valence-corrected chi connectivity index (χ2v) is 5.74. The molecule has 2 N–H and O–H groups in total. The van der Waals surface area contributed by atoms with Crippen LogP contribution in [0.4, 0.5) is 0 Å². The molecule has 1 saturated heterocycles. The molecule has 2 rings (SSSR count). The standard InChI is InChI=1S/C15H23ClN2O/c1-10-11(2)15(19)14(16)12(3)13(10)4-7-18-8-5-17-6-9-18/h17,19H,4-9H2,1-3H3. The predicted molar refractivity (Wildman–Crippen MR) is 80.3 cm³/mol. The average molecular weight is 283 g/mol. The number of halogens is 1. The molecule has 1 aromatic rings. The molecule has 0 unspecified atom stereocenters. The van der Waals surface area contributed by atoms with Crippen LogP contribution in [0.5, 0.6) is 5.75 Å². The third-order valence-corrected chi connectivity index (χ3v) is 4.71. The van der Waals surface area contributed by atoms with Gasteiger partial charge in [-0.1, -0.05) is 11.6 Å². The van der Waals surface area contributed by atoms with E-state index in [-0.39, 0.29) is 5.75 Å². The van der Waals surface area contributed by atoms with Crippen molar-refractivity contribution >= 4 is 11.6 Å². The lowest BCUT2D eigenvalue weighted by molar-refractivity contribution is 0.243. The molecule has 1 aromatic carbocycles. The van der Waals surface area contributed by atoms with Crippen LogP contribution in [0.1, 0.15) is 22.3 Å². The Bertz CT molecular complexity index is 439. The van der Waals surface area contributed by atoms with Crippen LogP contribution in [-0.2, 0) is 6.42 Å². The minimum atomic E-state index is 0.239. The highest BCUT2D eigenvalue weighted by molar-refractivity contribution is 6.33. The van der Waals surface area contributed by atoms with Gasteiger partial charge in [0.2, 0.25) is 0 Å². The van der Waals surface area contributed by atoms with Crippen molar-refractivity contribution in [2.45, 2.75) is 27.2 Å². The molecular formula is C15H23ClN2O. The number of piperazine rings is 1. The molecular weight excluding hydrogens is 260 g/mol. The summed E-state index contributed by atoms with van der Waals surface area (Å²) in [5, 5.41) is 13.8. The lowest BCUT2D eigenvalue weighted by atomic mass is 9.95. The number of hydrogen-bond donors (Lipinski definition) is 2. The van der Waals surface area contributed by atoms with Crippen molar-refractivity contribution in [3.63, 3.8) is 0 Å². The predicted octanol–water partition coefficient (Wildman–Crippen LogP) is 2.42. The SMILES string of the molecule is Cc1c(C)c(CCN2CCNCC2)c(C)c(Cl)c1O. The Morgan fingerprint density at radius 2 is 1.74 bits per heavy atom. The van der Waals surface area contributed by atoms with Gasteiger partial charge in [-0.05, 0) is 49.4 Å². The highest BCUT2D eigenvalue weighted by atomic mass is 35.5. The summed E-state index contributed by atoms with van der Waals surface area (Å²) in [4.78, 5) is 2.48. The van der Waals surface area contributed by atoms with Crippen LogP contribution in [0.15, 0.2) is 0 Å². The quantitative estimate of drug-likeness (QED) is 0.894. The molecule has 19 heavy (non-hydrogen) atoms. The Morgan fingerprint density at radius 3 is 2.37 bits per heavy atom. The molecule has 0 atom stereocenters. The van der Waals surface area contributed by atoms with Crippen molar-refractivity contribution in [2.24, 2.45) is 0 Å². The number of nitrogens with zero attached hydrogens (tertiary/aromatic N) is 1. The summed E-state index contributed by atoms with van der Waals surface area (Å²) in [5.74, 6) is 0.239. The van der Waals surface area contributed by atoms with Crippen LogP contribution in [-0.4, -0.2) is 42.7 Å². The fraction of sp³-hybridized carbons (Fsp3) is 0.600. The largest absolute Gasteiger partial charge is 0.506 e. The number of aromatic hydroxyl groups is 1. The van der Waals surface area contributed by atoms with Gasteiger partial charge in [-0.25, -0.2) is 0 Å². The molecule has 4 heteroatoms. The van der Waals surface area contributed by atoms with E-state index in [1.807, 2.05) is 13.8 Å². The van der Waals surface area contributed by atoms with E-state index < -0.39 is 0 Å². The van der Waals surface area contributed by atoms with Crippen LogP contribution in [0.3, 0.4) is 0 Å². The van der Waals surface area contributed by atoms with Crippen LogP contribution in [0.25, 0.3) is 0 Å². The van der Waals surface area contributed by atoms with Crippen molar-refractivity contribution < 1.29 is 5.11 Å². The van der Waals surface area contributed by atoms with Gasteiger partial charge in [-0.2, -0.15) is 0 Å². The summed E-state index contributed by atoms with van der Waals surface area (Å²) >= 11 is 6.21. The number of rotatable bonds is 3. The van der Waals surface area contributed by atoms with E-state index in [0.717, 1.165) is 50.3 Å². The van der Waals surface area contributed by atoms with Gasteiger partial charge in [-0.3, -0.25) is 0 Å². The first kappa shape index (κ1) is 14.6. The summed E-state index contributed by atoms with van der Waals surface area (Å²) in [6.07, 6.45) is 0.999. The van der Waals surface area contributed by atoms with Gasteiger partial charge in [0, 0.05) is 32.7 Å². The summed E-state index contributed by atoms with van der Waals surface area (Å²) in [7, 11) is 0. The van der Waals surface area contributed by atoms with Crippen molar-refractivity contribution in [2.75, 3.05) is 32.7 Å². The topological polar surface area (TPSA) is 35.5 Å². The van der Waals surface area contributed by atoms with Gasteiger partial charge in [-0.15, -0.1) is 0 Å². The zero-order valence-electron chi connectivity index (χ0n) is 12.0. The lowest BCUT2D eigenvalue weighted by Crippen LogP contribution is -2.44. The first-order valence-corrected chi connectivity index (χ1v) is 7.30. The number of phenols is 1. The first-order chi connectivity index (χ1) is 9.02. The molecule has 0 amide bonds. The molecule has 0 aliphatic carbocycles. The van der Waals surface area contributed by atoms with Crippen LogP contribution in [0, 0.1) is 20.8 Å². The fourth-order valence-corrected chi connectivity index (χ4v) is 3.00. The van der Waals surface area contributed by atoms with Gasteiger partial charge in [0.25, 0.3) is 0 Å². The van der Waals surface area contributed by atoms with Crippen molar-refractivity contribution in [3.8, 4) is 5.75 Å². The second-order valence-electron chi connectivity index (χ2n) is 5.36. The van der Waals surface area contributed by atoms with Crippen LogP contribution in [0.2, 0.25) is 5.02 Å². The highest BCUT2D eigenvalue weighted by Gasteiger charge is 2.16. The van der Waals surface area contributed by atoms with Crippen LogP contribution < -0.4 is 5.32 Å². The third-order valence-electron chi connectivity index (χ3n) is 4.25. The summed E-state index contributed by atoms with van der Waals surface area (Å²) in [6, 6.07) is 0. The van der Waals surface area contributed by atoms with Crippen molar-refractivity contribution in [3.05, 3.63) is 27.3 Å². The molecule has 0 spiro atoms. The molecule has 0 aromatic heterocycles. The van der Waals surface area contributed by atoms with E-state index in [4.69, 9.17) is 11.6 Å². The number of hydrogen-bond acceptors (Lipinski definition) is 3. The number of nitrogens with one attached hydrogen (secondary N) is 1. The maximum atomic E-state index is 9.96. The Kier molecular flexibility index (Phi) is 4.71. The number of phenolic OH excluding ortho intramolecular Hbond substituents is 1. The molecule has 0 saturated carbocycles. The minimum Gasteiger partial charge on any atom is -0.506 e. The third kappa shape index (κ3) is 3.04. The molecule has 1 heterocycles. The zero-order valence-corrected chi connectivity index (χ0v) is 12.8. The summed E-state index contributed by atoms with van der Waals surface area (Å²) in [6.45, 7) is 11.5. The van der Waals surface area contributed by atoms with E-state index >= 15 is 0 Å². The zero-order chi connectivity index (χ0) is 14.0. The summed E-state index contributed by atoms with van der Waals surface area (Å²) in [5.41, 5.74) is 4.40. The molecule has 1 fully saturated rings. The highest BCUT2D eigenvalue weighted by Crippen LogP contribution is 2.36. The Morgan fingerprint density at radius 1 is 1.11 bits per heavy atom. The van der Waals surface area contributed by atoms with Crippen LogP contribution >= 0.6 is 11.6 Å². The lowest BCUT2D eigenvalue weighted by Gasteiger charge is -2.28. The normalized spacial score (nSPS) is 16.8. The summed E-state index contributed by atoms with van der Waals surface area (Å²) < 4.78 is 0. The molecule has 106 valence electrons. The van der Waals surface area contributed by atoms with Gasteiger partial charge in [0.15, 0.2) is 0 Å². The van der Waals surface area contributed by atoms with Gasteiger partial charge < -0.3 is 15.3 Å². The molecule has 1 aliphatic heterocycles. The first-order valence-electron chi connectivity index (χ1n) is 6.92. The number of benzene rings is 1. The van der Waals surface area contributed by atoms with E-state index in [1.54, 1.807) is 0 Å². The molecule has 0 bridgehead atoms. The Hall–Kier alpha value is -0.770. The minimum absolute atomic E-state index is 0.239. The van der Waals surface area contributed by atoms with E-state index in [9.17, 15) is 5.11 Å². The van der Waals surface area contributed by atoms with E-state index in [1.165, 1.54) is 11.1 Å². The van der Waals surface area contributed by atoms with E-state index in [2.05, 4.69) is 17.1 Å². The van der Waals surface area contributed by atoms with Crippen molar-refractivity contribution in [1.29, 1.82) is 0 Å². The van der Waals surface area contributed by atoms with Crippen molar-refractivity contribution in [1.82, 2.24) is 10.2 Å². The maximum Gasteiger partial charge on any atom is 0.137 e. The fourth-order valence-electron chi connectivity index (χ4n) is 2.74. The maximum absolute atomic E-state index is 9.96. The monoisotopic (exact) mass is 282 g/mol. The van der Waals surface area contributed by atoms with Gasteiger partial charge in [0.1, 0.15) is 5.75 Å². The molecule has 0 radical (unpaired) electrons. The smallest absolute Gasteiger partial charge is 0.137 e. The molecule has 3 nitrogen and oxygen atoms in total. The van der Waals surface area contributed by atoms with Gasteiger partial charge in [0.05, 0.1) is 5.02 Å². The Balaban J connectivity index is 2.15. The molecule has 1 aliphatic rings. The van der Waals surface area contributed by atoms with Gasteiger partial charge >= 0.3 is 0 Å². The average Bonchev–Trinajstić information content (AvgIpc) is 2.44. The van der Waals surface area contributed by atoms with E-state index in [0.29, 0.717) is 5.02 Å². The second kappa shape index (κ2) is 6.12.